The molecule has 0 spiro atoms. The zero-order valence-corrected chi connectivity index (χ0v) is 15.0. The maximum atomic E-state index is 12.9. The van der Waals surface area contributed by atoms with Crippen molar-refractivity contribution in [3.8, 4) is 0 Å². The van der Waals surface area contributed by atoms with E-state index in [2.05, 4.69) is 22.1 Å². The highest BCUT2D eigenvalue weighted by Gasteiger charge is 2.32. The first-order valence-corrected chi connectivity index (χ1v) is 8.62. The van der Waals surface area contributed by atoms with Crippen LogP contribution in [0.1, 0.15) is 50.9 Å². The molecule has 1 aromatic heterocycles. The van der Waals surface area contributed by atoms with Crippen LogP contribution in [0.25, 0.3) is 0 Å². The van der Waals surface area contributed by atoms with E-state index in [0.717, 1.165) is 31.4 Å². The Balaban J connectivity index is 0.00000192. The second-order valence-electron chi connectivity index (χ2n) is 7.05. The lowest BCUT2D eigenvalue weighted by Crippen LogP contribution is -2.49. The van der Waals surface area contributed by atoms with Gasteiger partial charge in [-0.15, -0.1) is 12.4 Å². The zero-order chi connectivity index (χ0) is 15.5. The fraction of sp³-hybridized carbons (Fsp3) is 0.765. The van der Waals surface area contributed by atoms with Crippen LogP contribution in [0.5, 0.6) is 0 Å². The normalized spacial score (nSPS) is 28.3. The highest BCUT2D eigenvalue weighted by Crippen LogP contribution is 2.32. The number of nitrogens with one attached hydrogen (secondary N) is 1. The molecule has 1 amide bonds. The van der Waals surface area contributed by atoms with Crippen molar-refractivity contribution in [2.24, 2.45) is 18.9 Å². The standard InChI is InChI=1S/C17H28N4O.ClH/c1-13-4-3-5-14(10-13)11-16(22)21-9-6-18-12-15(21)17-19-7-8-20(17)2;/h7-8,13-15,18H,3-6,9-12H2,1-2H3;1H. The number of carbonyl (C=O) groups excluding carboxylic acids is 1. The molecule has 2 heterocycles. The molecule has 2 aliphatic rings. The molecule has 2 fully saturated rings. The Bertz CT molecular complexity index is 518. The molecule has 3 atom stereocenters. The Hall–Kier alpha value is -1.07. The summed E-state index contributed by atoms with van der Waals surface area (Å²) in [6, 6.07) is 0.0715. The Morgan fingerprint density at radius 1 is 1.43 bits per heavy atom. The average Bonchev–Trinajstić information content (AvgIpc) is 2.93. The monoisotopic (exact) mass is 340 g/mol. The highest BCUT2D eigenvalue weighted by atomic mass is 35.5. The van der Waals surface area contributed by atoms with Gasteiger partial charge in [0.25, 0.3) is 0 Å². The summed E-state index contributed by atoms with van der Waals surface area (Å²) in [6.07, 6.45) is 9.52. The van der Waals surface area contributed by atoms with Gasteiger partial charge < -0.3 is 14.8 Å². The number of halogens is 1. The molecule has 1 N–H and O–H groups in total. The number of rotatable bonds is 3. The third kappa shape index (κ3) is 4.27. The molecule has 3 rings (SSSR count). The van der Waals surface area contributed by atoms with Gasteiger partial charge in [-0.1, -0.05) is 19.8 Å². The maximum absolute atomic E-state index is 12.9. The quantitative estimate of drug-likeness (QED) is 0.920. The van der Waals surface area contributed by atoms with E-state index in [4.69, 9.17) is 0 Å². The second kappa shape index (κ2) is 8.15. The molecule has 3 unspecified atom stereocenters. The summed E-state index contributed by atoms with van der Waals surface area (Å²) in [4.78, 5) is 19.4. The fourth-order valence-electron chi connectivity index (χ4n) is 4.04. The molecule has 0 radical (unpaired) electrons. The number of carbonyl (C=O) groups is 1. The topological polar surface area (TPSA) is 50.2 Å². The summed E-state index contributed by atoms with van der Waals surface area (Å²) >= 11 is 0. The van der Waals surface area contributed by atoms with Crippen molar-refractivity contribution in [3.05, 3.63) is 18.2 Å². The summed E-state index contributed by atoms with van der Waals surface area (Å²) < 4.78 is 2.03. The van der Waals surface area contributed by atoms with E-state index in [1.807, 2.05) is 24.0 Å². The van der Waals surface area contributed by atoms with E-state index in [1.165, 1.54) is 25.7 Å². The summed E-state index contributed by atoms with van der Waals surface area (Å²) in [7, 11) is 2.00. The summed E-state index contributed by atoms with van der Waals surface area (Å²) in [5.74, 6) is 2.65. The van der Waals surface area contributed by atoms with Crippen LogP contribution in [0.4, 0.5) is 0 Å². The van der Waals surface area contributed by atoms with Crippen LogP contribution in [0.3, 0.4) is 0 Å². The van der Waals surface area contributed by atoms with E-state index >= 15 is 0 Å². The van der Waals surface area contributed by atoms with Gasteiger partial charge in [-0.25, -0.2) is 4.98 Å². The van der Waals surface area contributed by atoms with Gasteiger partial charge in [0.1, 0.15) is 11.9 Å². The lowest BCUT2D eigenvalue weighted by molar-refractivity contribution is -0.136. The van der Waals surface area contributed by atoms with Gasteiger partial charge in [-0.05, 0) is 24.7 Å². The van der Waals surface area contributed by atoms with Crippen LogP contribution in [-0.4, -0.2) is 40.0 Å². The fourth-order valence-corrected chi connectivity index (χ4v) is 4.04. The first-order valence-electron chi connectivity index (χ1n) is 8.62. The SMILES string of the molecule is CC1CCCC(CC(=O)N2CCNCC2c2nccn2C)C1.Cl. The van der Waals surface area contributed by atoms with Crippen molar-refractivity contribution in [3.63, 3.8) is 0 Å². The van der Waals surface area contributed by atoms with Crippen molar-refractivity contribution in [2.45, 2.75) is 45.1 Å². The largest absolute Gasteiger partial charge is 0.336 e. The number of aryl methyl sites for hydroxylation is 1. The summed E-state index contributed by atoms with van der Waals surface area (Å²) in [5, 5.41) is 3.40. The number of amides is 1. The Labute approximate surface area is 145 Å². The second-order valence-corrected chi connectivity index (χ2v) is 7.05. The molecule has 1 saturated heterocycles. The van der Waals surface area contributed by atoms with E-state index < -0.39 is 0 Å². The minimum atomic E-state index is 0. The molecule has 1 aliphatic carbocycles. The minimum Gasteiger partial charge on any atom is -0.336 e. The molecule has 0 aromatic carbocycles. The van der Waals surface area contributed by atoms with E-state index in [1.54, 1.807) is 0 Å². The molecule has 1 saturated carbocycles. The van der Waals surface area contributed by atoms with Crippen molar-refractivity contribution < 1.29 is 4.79 Å². The van der Waals surface area contributed by atoms with Gasteiger partial charge in [0.05, 0.1) is 0 Å². The van der Waals surface area contributed by atoms with Crippen LogP contribution in [-0.2, 0) is 11.8 Å². The molecule has 130 valence electrons. The molecule has 0 bridgehead atoms. The van der Waals surface area contributed by atoms with Crippen molar-refractivity contribution in [1.82, 2.24) is 19.8 Å². The van der Waals surface area contributed by atoms with Crippen molar-refractivity contribution in [2.75, 3.05) is 19.6 Å². The molecule has 23 heavy (non-hydrogen) atoms. The average molecular weight is 341 g/mol. The molecule has 1 aliphatic heterocycles. The predicted molar refractivity (Wildman–Crippen MR) is 93.5 cm³/mol. The van der Waals surface area contributed by atoms with Gasteiger partial charge in [0, 0.05) is 45.5 Å². The lowest BCUT2D eigenvalue weighted by atomic mass is 9.80. The first kappa shape index (κ1) is 18.3. The summed E-state index contributed by atoms with van der Waals surface area (Å²) in [5.41, 5.74) is 0. The van der Waals surface area contributed by atoms with Crippen LogP contribution in [0.2, 0.25) is 0 Å². The Morgan fingerprint density at radius 2 is 2.26 bits per heavy atom. The van der Waals surface area contributed by atoms with Gasteiger partial charge >= 0.3 is 0 Å². The maximum Gasteiger partial charge on any atom is 0.223 e. The van der Waals surface area contributed by atoms with Crippen LogP contribution < -0.4 is 5.32 Å². The molecule has 5 nitrogen and oxygen atoms in total. The lowest BCUT2D eigenvalue weighted by Gasteiger charge is -2.37. The third-order valence-electron chi connectivity index (χ3n) is 5.23. The minimum absolute atomic E-state index is 0. The Kier molecular flexibility index (Phi) is 6.48. The number of hydrogen-bond acceptors (Lipinski definition) is 3. The zero-order valence-electron chi connectivity index (χ0n) is 14.2. The van der Waals surface area contributed by atoms with Crippen LogP contribution >= 0.6 is 12.4 Å². The number of nitrogens with zero attached hydrogens (tertiary/aromatic N) is 3. The number of imidazole rings is 1. The number of aromatic nitrogens is 2. The molecule has 1 aromatic rings. The van der Waals surface area contributed by atoms with Gasteiger partial charge in [0.2, 0.25) is 5.91 Å². The van der Waals surface area contributed by atoms with Gasteiger partial charge in [-0.3, -0.25) is 4.79 Å². The Morgan fingerprint density at radius 3 is 2.96 bits per heavy atom. The molecular weight excluding hydrogens is 312 g/mol. The van der Waals surface area contributed by atoms with Crippen molar-refractivity contribution >= 4 is 18.3 Å². The van der Waals surface area contributed by atoms with Crippen molar-refractivity contribution in [1.29, 1.82) is 0 Å². The smallest absolute Gasteiger partial charge is 0.223 e. The highest BCUT2D eigenvalue weighted by molar-refractivity contribution is 5.85. The number of piperazine rings is 1. The van der Waals surface area contributed by atoms with Gasteiger partial charge in [-0.2, -0.15) is 0 Å². The van der Waals surface area contributed by atoms with Crippen LogP contribution in [0.15, 0.2) is 12.4 Å². The van der Waals surface area contributed by atoms with E-state index in [0.29, 0.717) is 18.2 Å². The molecular formula is C17H29ClN4O. The predicted octanol–water partition coefficient (Wildman–Crippen LogP) is 2.53. The van der Waals surface area contributed by atoms with E-state index in [-0.39, 0.29) is 18.4 Å². The number of hydrogen-bond donors (Lipinski definition) is 1. The van der Waals surface area contributed by atoms with E-state index in [9.17, 15) is 4.79 Å². The summed E-state index contributed by atoms with van der Waals surface area (Å²) in [6.45, 7) is 4.79. The first-order chi connectivity index (χ1) is 10.6. The molecule has 6 heteroatoms. The van der Waals surface area contributed by atoms with Crippen LogP contribution in [0, 0.1) is 11.8 Å². The third-order valence-corrected chi connectivity index (χ3v) is 5.23. The van der Waals surface area contributed by atoms with Gasteiger partial charge in [0.15, 0.2) is 0 Å².